The number of nitrogens with two attached hydrogens (primary N) is 1. The van der Waals surface area contributed by atoms with E-state index in [4.69, 9.17) is 15.2 Å². The quantitative estimate of drug-likeness (QED) is 0.379. The molecule has 0 saturated heterocycles. The second-order valence-corrected chi connectivity index (χ2v) is 9.78. The minimum Gasteiger partial charge on any atom is -0.497 e. The fourth-order valence-electron chi connectivity index (χ4n) is 2.39. The number of ether oxygens (including phenoxy) is 2. The number of nitrogens with zero attached hydrogens (tertiary/aromatic N) is 2. The molecule has 0 aliphatic rings. The Labute approximate surface area is 181 Å². The number of benzene rings is 1. The van der Waals surface area contributed by atoms with Gasteiger partial charge in [-0.15, -0.1) is 11.3 Å². The van der Waals surface area contributed by atoms with Gasteiger partial charge in [-0.2, -0.15) is 0 Å². The molecule has 0 aliphatic carbocycles. The van der Waals surface area contributed by atoms with Crippen LogP contribution in [0.5, 0.6) is 11.5 Å². The van der Waals surface area contributed by atoms with Gasteiger partial charge in [0.05, 0.1) is 31.9 Å². The van der Waals surface area contributed by atoms with Crippen LogP contribution in [-0.4, -0.2) is 44.3 Å². The summed E-state index contributed by atoms with van der Waals surface area (Å²) < 4.78 is 35.6. The first-order chi connectivity index (χ1) is 14.3. The van der Waals surface area contributed by atoms with E-state index in [1.165, 1.54) is 20.3 Å². The van der Waals surface area contributed by atoms with Crippen molar-refractivity contribution in [3.05, 3.63) is 41.9 Å². The first-order valence-electron chi connectivity index (χ1n) is 8.41. The number of hydrogen-bond donors (Lipinski definition) is 2. The van der Waals surface area contributed by atoms with E-state index in [-0.39, 0.29) is 31.7 Å². The molecule has 0 bridgehead atoms. The molecule has 0 saturated carbocycles. The van der Waals surface area contributed by atoms with Crippen LogP contribution in [0, 0.1) is 0 Å². The monoisotopic (exact) mass is 466 g/mol. The molecule has 0 fully saturated rings. The Morgan fingerprint density at radius 1 is 1.27 bits per heavy atom. The lowest BCUT2D eigenvalue weighted by atomic mass is 10.2. The van der Waals surface area contributed by atoms with Crippen molar-refractivity contribution < 1.29 is 22.7 Å². The third kappa shape index (κ3) is 4.83. The highest BCUT2D eigenvalue weighted by Crippen LogP contribution is 2.30. The first kappa shape index (κ1) is 21.9. The van der Waals surface area contributed by atoms with Crippen LogP contribution >= 0.6 is 23.1 Å². The molecule has 0 unspecified atom stereocenters. The number of hydrogen-bond acceptors (Lipinski definition) is 10. The van der Waals surface area contributed by atoms with Gasteiger partial charge in [-0.3, -0.25) is 4.79 Å². The summed E-state index contributed by atoms with van der Waals surface area (Å²) in [5.41, 5.74) is 6.33. The minimum absolute atomic E-state index is 0.00829. The number of rotatable bonds is 8. The second kappa shape index (κ2) is 9.32. The van der Waals surface area contributed by atoms with Crippen LogP contribution in [0.4, 0.5) is 11.5 Å². The number of amides is 1. The van der Waals surface area contributed by atoms with Crippen LogP contribution < -0.4 is 20.5 Å². The van der Waals surface area contributed by atoms with E-state index in [2.05, 4.69) is 15.3 Å². The summed E-state index contributed by atoms with van der Waals surface area (Å²) in [5, 5.41) is 4.58. The fourth-order valence-corrected chi connectivity index (χ4v) is 5.39. The number of thiophene rings is 1. The topological polar surface area (TPSA) is 133 Å². The molecule has 0 radical (unpaired) electrons. The standard InChI is InChI=1S/C18H18N4O5S3/c1-26-11-5-6-12(13(8-11)27-2)21-15(23)10-29-18-20-9-14(17(19)22-18)30(24,25)16-4-3-7-28-16/h3-9H,10H2,1-2H3,(H,21,23)(H2,19,20,22). The lowest BCUT2D eigenvalue weighted by Crippen LogP contribution is -2.15. The van der Waals surface area contributed by atoms with E-state index >= 15 is 0 Å². The summed E-state index contributed by atoms with van der Waals surface area (Å²) in [6.07, 6.45) is 1.16. The van der Waals surface area contributed by atoms with E-state index < -0.39 is 9.84 Å². The molecule has 1 amide bonds. The number of nitrogens with one attached hydrogen (secondary N) is 1. The summed E-state index contributed by atoms with van der Waals surface area (Å²) >= 11 is 2.11. The predicted octanol–water partition coefficient (Wildman–Crippen LogP) is 2.70. The number of anilines is 2. The number of thioether (sulfide) groups is 1. The number of methoxy groups -OCH3 is 2. The van der Waals surface area contributed by atoms with Crippen molar-refractivity contribution in [1.82, 2.24) is 9.97 Å². The average molecular weight is 467 g/mol. The maximum atomic E-state index is 12.6. The summed E-state index contributed by atoms with van der Waals surface area (Å²) in [6, 6.07) is 8.13. The Morgan fingerprint density at radius 3 is 2.70 bits per heavy atom. The zero-order valence-electron chi connectivity index (χ0n) is 16.0. The van der Waals surface area contributed by atoms with Crippen molar-refractivity contribution in [2.24, 2.45) is 0 Å². The normalized spacial score (nSPS) is 11.1. The summed E-state index contributed by atoms with van der Waals surface area (Å²) in [5.74, 6) is 0.558. The minimum atomic E-state index is -3.77. The third-order valence-electron chi connectivity index (χ3n) is 3.83. The summed E-state index contributed by atoms with van der Waals surface area (Å²) in [6.45, 7) is 0. The molecule has 12 heteroatoms. The number of carbonyl (C=O) groups excluding carboxylic acids is 1. The highest BCUT2D eigenvalue weighted by atomic mass is 32.2. The predicted molar refractivity (Wildman–Crippen MR) is 115 cm³/mol. The second-order valence-electron chi connectivity index (χ2n) is 5.74. The van der Waals surface area contributed by atoms with Gasteiger partial charge in [0, 0.05) is 6.07 Å². The number of nitrogen functional groups attached to an aromatic ring is 1. The average Bonchev–Trinajstić information content (AvgIpc) is 3.28. The largest absolute Gasteiger partial charge is 0.497 e. The van der Waals surface area contributed by atoms with Crippen LogP contribution in [0.3, 0.4) is 0 Å². The molecule has 3 rings (SSSR count). The van der Waals surface area contributed by atoms with Crippen LogP contribution in [0.2, 0.25) is 0 Å². The van der Waals surface area contributed by atoms with Gasteiger partial charge in [-0.25, -0.2) is 18.4 Å². The molecule has 30 heavy (non-hydrogen) atoms. The van der Waals surface area contributed by atoms with Gasteiger partial charge in [-0.05, 0) is 23.6 Å². The van der Waals surface area contributed by atoms with Crippen molar-refractivity contribution in [1.29, 1.82) is 0 Å². The molecule has 2 aromatic heterocycles. The van der Waals surface area contributed by atoms with E-state index in [0.717, 1.165) is 29.3 Å². The Hall–Kier alpha value is -2.83. The molecule has 158 valence electrons. The van der Waals surface area contributed by atoms with E-state index in [0.29, 0.717) is 17.2 Å². The Bertz CT molecular complexity index is 1150. The van der Waals surface area contributed by atoms with Crippen LogP contribution in [0.25, 0.3) is 0 Å². The molecule has 2 heterocycles. The molecule has 1 aromatic carbocycles. The number of sulfone groups is 1. The lowest BCUT2D eigenvalue weighted by Gasteiger charge is -2.11. The molecule has 3 aromatic rings. The summed E-state index contributed by atoms with van der Waals surface area (Å²) in [4.78, 5) is 20.2. The smallest absolute Gasteiger partial charge is 0.234 e. The molecule has 9 nitrogen and oxygen atoms in total. The van der Waals surface area contributed by atoms with Crippen molar-refractivity contribution in [2.75, 3.05) is 31.0 Å². The van der Waals surface area contributed by atoms with Gasteiger partial charge in [0.2, 0.25) is 15.7 Å². The van der Waals surface area contributed by atoms with Crippen molar-refractivity contribution in [2.45, 2.75) is 14.3 Å². The van der Waals surface area contributed by atoms with E-state index in [1.54, 1.807) is 29.6 Å². The number of aromatic nitrogens is 2. The zero-order chi connectivity index (χ0) is 21.7. The maximum absolute atomic E-state index is 12.6. The highest BCUT2D eigenvalue weighted by Gasteiger charge is 2.23. The zero-order valence-corrected chi connectivity index (χ0v) is 18.4. The van der Waals surface area contributed by atoms with Gasteiger partial charge in [0.15, 0.2) is 5.16 Å². The molecule has 0 atom stereocenters. The Balaban J connectivity index is 1.67. The molecule has 0 aliphatic heterocycles. The lowest BCUT2D eigenvalue weighted by molar-refractivity contribution is -0.113. The van der Waals surface area contributed by atoms with Gasteiger partial charge in [0.1, 0.15) is 26.4 Å². The van der Waals surface area contributed by atoms with Crippen LogP contribution in [0.1, 0.15) is 0 Å². The molecular formula is C18H18N4O5S3. The molecular weight excluding hydrogens is 448 g/mol. The Kier molecular flexibility index (Phi) is 6.80. The van der Waals surface area contributed by atoms with Crippen molar-refractivity contribution in [3.63, 3.8) is 0 Å². The van der Waals surface area contributed by atoms with Gasteiger partial charge >= 0.3 is 0 Å². The van der Waals surface area contributed by atoms with Crippen LogP contribution in [-0.2, 0) is 14.6 Å². The summed E-state index contributed by atoms with van der Waals surface area (Å²) in [7, 11) is -0.751. The maximum Gasteiger partial charge on any atom is 0.234 e. The first-order valence-corrected chi connectivity index (χ1v) is 11.8. The van der Waals surface area contributed by atoms with Crippen molar-refractivity contribution >= 4 is 50.3 Å². The molecule has 3 N–H and O–H groups in total. The van der Waals surface area contributed by atoms with Gasteiger partial charge < -0.3 is 20.5 Å². The Morgan fingerprint density at radius 2 is 2.07 bits per heavy atom. The third-order valence-corrected chi connectivity index (χ3v) is 7.85. The van der Waals surface area contributed by atoms with Crippen molar-refractivity contribution in [3.8, 4) is 11.5 Å². The number of carbonyl (C=O) groups is 1. The SMILES string of the molecule is COc1ccc(NC(=O)CSc2ncc(S(=O)(=O)c3cccs3)c(N)n2)c(OC)c1. The van der Waals surface area contributed by atoms with Crippen LogP contribution in [0.15, 0.2) is 56.2 Å². The van der Waals surface area contributed by atoms with Gasteiger partial charge in [-0.1, -0.05) is 17.8 Å². The fraction of sp³-hybridized carbons (Fsp3) is 0.167. The van der Waals surface area contributed by atoms with E-state index in [9.17, 15) is 13.2 Å². The highest BCUT2D eigenvalue weighted by molar-refractivity contribution is 7.99. The molecule has 0 spiro atoms. The van der Waals surface area contributed by atoms with Gasteiger partial charge in [0.25, 0.3) is 0 Å². The van der Waals surface area contributed by atoms with E-state index in [1.807, 2.05) is 0 Å².